The molecule has 0 spiro atoms. The quantitative estimate of drug-likeness (QED) is 0.419. The fraction of sp³-hybridized carbons (Fsp3) is 0.182. The van der Waals surface area contributed by atoms with Crippen molar-refractivity contribution in [1.29, 1.82) is 0 Å². The highest BCUT2D eigenvalue weighted by molar-refractivity contribution is 6.09. The number of unbranched alkanes of at least 4 members (excludes halogenated alkanes) is 1. The van der Waals surface area contributed by atoms with E-state index in [1.54, 1.807) is 0 Å². The zero-order valence-electron chi connectivity index (χ0n) is 13.5. The van der Waals surface area contributed by atoms with Crippen molar-refractivity contribution in [3.63, 3.8) is 0 Å². The number of hydrogen-bond donors (Lipinski definition) is 0. The van der Waals surface area contributed by atoms with Crippen LogP contribution < -0.4 is 0 Å². The van der Waals surface area contributed by atoms with E-state index in [-0.39, 0.29) is 0 Å². The zero-order valence-corrected chi connectivity index (χ0v) is 13.5. The summed E-state index contributed by atoms with van der Waals surface area (Å²) in [5.74, 6) is 0. The highest BCUT2D eigenvalue weighted by atomic mass is 15.0. The van der Waals surface area contributed by atoms with Crippen LogP contribution in [-0.4, -0.2) is 4.57 Å². The van der Waals surface area contributed by atoms with Crippen molar-refractivity contribution < 1.29 is 0 Å². The Labute approximate surface area is 137 Å². The van der Waals surface area contributed by atoms with Gasteiger partial charge < -0.3 is 4.57 Å². The van der Waals surface area contributed by atoms with Crippen LogP contribution in [0.25, 0.3) is 32.9 Å². The molecule has 0 radical (unpaired) electrons. The van der Waals surface area contributed by atoms with Gasteiger partial charge in [-0.3, -0.25) is 0 Å². The smallest absolute Gasteiger partial charge is 0.0491 e. The Morgan fingerprint density at radius 1 is 0.696 bits per heavy atom. The largest absolute Gasteiger partial charge is 0.340 e. The molecule has 0 N–H and O–H groups in total. The van der Waals surface area contributed by atoms with Gasteiger partial charge in [0.05, 0.1) is 0 Å². The third kappa shape index (κ3) is 2.43. The van der Waals surface area contributed by atoms with E-state index in [1.165, 1.54) is 45.8 Å². The summed E-state index contributed by atoms with van der Waals surface area (Å²) in [5, 5.41) is 2.72. The second-order valence-electron chi connectivity index (χ2n) is 6.12. The first-order chi connectivity index (χ1) is 11.4. The minimum atomic E-state index is 1.09. The zero-order chi connectivity index (χ0) is 15.6. The van der Waals surface area contributed by atoms with Crippen LogP contribution >= 0.6 is 0 Å². The number of nitrogens with zero attached hydrogens (tertiary/aromatic N) is 1. The standard InChI is InChI=1S/C22H21N/c1-2-3-15-23-21-12-8-7-11-19(21)20-16-18(13-14-22(20)23)17-9-5-4-6-10-17/h4-14,16H,2-3,15H2,1H3. The summed E-state index contributed by atoms with van der Waals surface area (Å²) >= 11 is 0. The van der Waals surface area contributed by atoms with E-state index in [1.807, 2.05) is 0 Å². The number of fused-ring (bicyclic) bond motifs is 3. The van der Waals surface area contributed by atoms with Gasteiger partial charge in [-0.1, -0.05) is 67.9 Å². The number of para-hydroxylation sites is 1. The first-order valence-electron chi connectivity index (χ1n) is 8.45. The minimum Gasteiger partial charge on any atom is -0.340 e. The predicted molar refractivity (Wildman–Crippen MR) is 99.8 cm³/mol. The number of aryl methyl sites for hydroxylation is 1. The van der Waals surface area contributed by atoms with Gasteiger partial charge in [0.25, 0.3) is 0 Å². The second-order valence-corrected chi connectivity index (χ2v) is 6.12. The van der Waals surface area contributed by atoms with Crippen LogP contribution in [0, 0.1) is 0 Å². The Morgan fingerprint density at radius 3 is 2.26 bits per heavy atom. The fourth-order valence-electron chi connectivity index (χ4n) is 3.42. The average molecular weight is 299 g/mol. The van der Waals surface area contributed by atoms with Crippen LogP contribution in [0.4, 0.5) is 0 Å². The molecule has 0 aliphatic carbocycles. The van der Waals surface area contributed by atoms with Gasteiger partial charge in [-0.15, -0.1) is 0 Å². The van der Waals surface area contributed by atoms with Crippen molar-refractivity contribution in [3.05, 3.63) is 72.8 Å². The Hall–Kier alpha value is -2.54. The van der Waals surface area contributed by atoms with Gasteiger partial charge in [-0.05, 0) is 35.7 Å². The number of benzene rings is 3. The maximum atomic E-state index is 2.48. The molecule has 1 nitrogen and oxygen atoms in total. The number of rotatable bonds is 4. The lowest BCUT2D eigenvalue weighted by atomic mass is 10.0. The van der Waals surface area contributed by atoms with E-state index in [9.17, 15) is 0 Å². The molecule has 0 amide bonds. The van der Waals surface area contributed by atoms with Gasteiger partial charge in [-0.25, -0.2) is 0 Å². The van der Waals surface area contributed by atoms with Crippen molar-refractivity contribution in [1.82, 2.24) is 4.57 Å². The van der Waals surface area contributed by atoms with Gasteiger partial charge in [0.15, 0.2) is 0 Å². The fourth-order valence-corrected chi connectivity index (χ4v) is 3.42. The van der Waals surface area contributed by atoms with E-state index >= 15 is 0 Å². The summed E-state index contributed by atoms with van der Waals surface area (Å²) < 4.78 is 2.48. The van der Waals surface area contributed by atoms with Crippen LogP contribution in [0.2, 0.25) is 0 Å². The van der Waals surface area contributed by atoms with E-state index in [0.717, 1.165) is 6.54 Å². The molecule has 4 aromatic rings. The Kier molecular flexibility index (Phi) is 3.63. The lowest BCUT2D eigenvalue weighted by Crippen LogP contribution is -1.96. The monoisotopic (exact) mass is 299 g/mol. The molecule has 114 valence electrons. The summed E-state index contributed by atoms with van der Waals surface area (Å²) in [6, 6.07) is 26.3. The molecule has 4 rings (SSSR count). The van der Waals surface area contributed by atoms with Crippen molar-refractivity contribution in [2.75, 3.05) is 0 Å². The summed E-state index contributed by atoms with van der Waals surface area (Å²) in [6.45, 7) is 3.34. The molecule has 23 heavy (non-hydrogen) atoms. The summed E-state index contributed by atoms with van der Waals surface area (Å²) in [7, 11) is 0. The summed E-state index contributed by atoms with van der Waals surface area (Å²) in [5.41, 5.74) is 5.26. The molecule has 0 atom stereocenters. The lowest BCUT2D eigenvalue weighted by molar-refractivity contribution is 0.665. The molecule has 0 aliphatic rings. The Bertz CT molecular complexity index is 948. The molecule has 0 aliphatic heterocycles. The minimum absolute atomic E-state index is 1.09. The van der Waals surface area contributed by atoms with Crippen LogP contribution in [0.3, 0.4) is 0 Å². The van der Waals surface area contributed by atoms with Crippen LogP contribution in [0.15, 0.2) is 72.8 Å². The molecule has 0 bridgehead atoms. The Morgan fingerprint density at radius 2 is 1.43 bits per heavy atom. The van der Waals surface area contributed by atoms with Gasteiger partial charge in [0.2, 0.25) is 0 Å². The van der Waals surface area contributed by atoms with Crippen LogP contribution in [0.1, 0.15) is 19.8 Å². The van der Waals surface area contributed by atoms with Gasteiger partial charge >= 0.3 is 0 Å². The molecule has 0 saturated carbocycles. The van der Waals surface area contributed by atoms with Gasteiger partial charge in [0.1, 0.15) is 0 Å². The summed E-state index contributed by atoms with van der Waals surface area (Å²) in [4.78, 5) is 0. The van der Waals surface area contributed by atoms with E-state index in [0.29, 0.717) is 0 Å². The highest BCUT2D eigenvalue weighted by Crippen LogP contribution is 2.32. The highest BCUT2D eigenvalue weighted by Gasteiger charge is 2.10. The SMILES string of the molecule is CCCCn1c2ccccc2c2cc(-c3ccccc3)ccc21. The van der Waals surface area contributed by atoms with Gasteiger partial charge in [-0.2, -0.15) is 0 Å². The molecule has 3 aromatic carbocycles. The molecule has 0 unspecified atom stereocenters. The number of aromatic nitrogens is 1. The molecule has 1 aromatic heterocycles. The second kappa shape index (κ2) is 5.92. The summed E-state index contributed by atoms with van der Waals surface area (Å²) in [6.07, 6.45) is 2.43. The molecule has 1 heterocycles. The molecular formula is C22H21N. The normalized spacial score (nSPS) is 11.3. The first-order valence-corrected chi connectivity index (χ1v) is 8.45. The van der Waals surface area contributed by atoms with E-state index < -0.39 is 0 Å². The maximum Gasteiger partial charge on any atom is 0.0491 e. The topological polar surface area (TPSA) is 4.93 Å². The molecule has 0 saturated heterocycles. The van der Waals surface area contributed by atoms with E-state index in [4.69, 9.17) is 0 Å². The Balaban J connectivity index is 1.96. The maximum absolute atomic E-state index is 2.48. The van der Waals surface area contributed by atoms with Crippen molar-refractivity contribution in [2.45, 2.75) is 26.3 Å². The molecule has 0 fully saturated rings. The average Bonchev–Trinajstić information content (AvgIpc) is 2.94. The third-order valence-corrected chi connectivity index (χ3v) is 4.61. The lowest BCUT2D eigenvalue weighted by Gasteiger charge is -2.07. The van der Waals surface area contributed by atoms with Crippen LogP contribution in [-0.2, 0) is 6.54 Å². The third-order valence-electron chi connectivity index (χ3n) is 4.61. The van der Waals surface area contributed by atoms with Crippen molar-refractivity contribution in [2.24, 2.45) is 0 Å². The van der Waals surface area contributed by atoms with Crippen molar-refractivity contribution >= 4 is 21.8 Å². The molecular weight excluding hydrogens is 278 g/mol. The van der Waals surface area contributed by atoms with E-state index in [2.05, 4.69) is 84.3 Å². The number of hydrogen-bond acceptors (Lipinski definition) is 0. The van der Waals surface area contributed by atoms with Gasteiger partial charge in [0, 0.05) is 28.4 Å². The first kappa shape index (κ1) is 14.1. The van der Waals surface area contributed by atoms with Crippen molar-refractivity contribution in [3.8, 4) is 11.1 Å². The predicted octanol–water partition coefficient (Wildman–Crippen LogP) is 6.26. The molecule has 1 heteroatoms. The van der Waals surface area contributed by atoms with Crippen LogP contribution in [0.5, 0.6) is 0 Å².